The van der Waals surface area contributed by atoms with E-state index >= 15 is 0 Å². The van der Waals surface area contributed by atoms with E-state index in [4.69, 9.17) is 16.3 Å². The average molecular weight is 676 g/mol. The van der Waals surface area contributed by atoms with E-state index in [1.807, 2.05) is 11.8 Å². The van der Waals surface area contributed by atoms with Crippen molar-refractivity contribution in [1.29, 1.82) is 0 Å². The van der Waals surface area contributed by atoms with Gasteiger partial charge in [-0.3, -0.25) is 4.79 Å². The molecule has 0 bridgehead atoms. The van der Waals surface area contributed by atoms with Crippen molar-refractivity contribution in [2.24, 2.45) is 18.9 Å². The van der Waals surface area contributed by atoms with Gasteiger partial charge in [0, 0.05) is 49.4 Å². The third-order valence-corrected chi connectivity index (χ3v) is 8.18. The number of tetrazole rings is 1. The van der Waals surface area contributed by atoms with E-state index in [-0.39, 0.29) is 53.0 Å². The number of halogens is 7. The van der Waals surface area contributed by atoms with E-state index in [0.717, 1.165) is 54.9 Å². The summed E-state index contributed by atoms with van der Waals surface area (Å²) in [5.41, 5.74) is -1.58. The lowest BCUT2D eigenvalue weighted by atomic mass is 9.80. The molecular formula is C30H36ClF6N7O2. The third kappa shape index (κ3) is 9.46. The zero-order valence-electron chi connectivity index (χ0n) is 25.7. The standard InChI is InChI=1S/C30H36ClF6N7O2/c1-4-43(16-20-8-6-19(7-9-20)12-26(45)46-5-2)27-22(13-24(15-38-27)30(35,36)37)18-44(28-39-41-42(3)40-28)17-21-10-23(29(32,33)34)14-25(31)11-21/h10-11,13-15,19-20H,4-9,12,16-18H2,1-3H3. The molecule has 1 aliphatic carbocycles. The van der Waals surface area contributed by atoms with Gasteiger partial charge < -0.3 is 14.5 Å². The maximum atomic E-state index is 13.9. The van der Waals surface area contributed by atoms with Gasteiger partial charge in [0.05, 0.1) is 24.8 Å². The number of aromatic nitrogens is 5. The molecule has 0 saturated heterocycles. The Kier molecular flexibility index (Phi) is 11.4. The molecule has 252 valence electrons. The molecule has 0 atom stereocenters. The Bertz CT molecular complexity index is 1470. The number of nitrogens with zero attached hydrogens (tertiary/aromatic N) is 7. The Morgan fingerprint density at radius 3 is 2.22 bits per heavy atom. The summed E-state index contributed by atoms with van der Waals surface area (Å²) in [5.74, 6) is 0.555. The van der Waals surface area contributed by atoms with Crippen LogP contribution in [-0.2, 0) is 42.0 Å². The highest BCUT2D eigenvalue weighted by molar-refractivity contribution is 6.30. The fraction of sp³-hybridized carbons (Fsp3) is 0.567. The highest BCUT2D eigenvalue weighted by Crippen LogP contribution is 2.36. The lowest BCUT2D eigenvalue weighted by Gasteiger charge is -2.34. The van der Waals surface area contributed by atoms with Crippen molar-refractivity contribution in [3.8, 4) is 0 Å². The molecule has 46 heavy (non-hydrogen) atoms. The zero-order chi connectivity index (χ0) is 33.6. The second-order valence-corrected chi connectivity index (χ2v) is 11.9. The van der Waals surface area contributed by atoms with Crippen LogP contribution in [-0.4, -0.2) is 50.9 Å². The van der Waals surface area contributed by atoms with Crippen molar-refractivity contribution < 1.29 is 35.9 Å². The van der Waals surface area contributed by atoms with E-state index in [0.29, 0.717) is 31.9 Å². The van der Waals surface area contributed by atoms with Crippen LogP contribution in [0.2, 0.25) is 5.02 Å². The minimum absolute atomic E-state index is 0.00219. The number of benzene rings is 1. The first kappa shape index (κ1) is 35.2. The average Bonchev–Trinajstić information content (AvgIpc) is 3.41. The smallest absolute Gasteiger partial charge is 0.417 e. The van der Waals surface area contributed by atoms with E-state index < -0.39 is 23.5 Å². The number of esters is 1. The topological polar surface area (TPSA) is 89.3 Å². The quantitative estimate of drug-likeness (QED) is 0.149. The number of anilines is 2. The number of carbonyl (C=O) groups excluding carboxylic acids is 1. The molecule has 0 radical (unpaired) electrons. The first-order valence-corrected chi connectivity index (χ1v) is 15.4. The van der Waals surface area contributed by atoms with Crippen LogP contribution in [0, 0.1) is 11.8 Å². The number of hydrogen-bond donors (Lipinski definition) is 0. The fourth-order valence-electron chi connectivity index (χ4n) is 5.74. The van der Waals surface area contributed by atoms with Crippen molar-refractivity contribution in [1.82, 2.24) is 25.2 Å². The Labute approximate surface area is 267 Å². The highest BCUT2D eigenvalue weighted by atomic mass is 35.5. The number of rotatable bonds is 12. The summed E-state index contributed by atoms with van der Waals surface area (Å²) in [6, 6.07) is 4.08. The van der Waals surface area contributed by atoms with Gasteiger partial charge in [0.2, 0.25) is 0 Å². The Balaban J connectivity index is 1.63. The lowest BCUT2D eigenvalue weighted by molar-refractivity contribution is -0.144. The molecule has 1 aromatic carbocycles. The number of aryl methyl sites for hydroxylation is 1. The Morgan fingerprint density at radius 2 is 1.63 bits per heavy atom. The van der Waals surface area contributed by atoms with Crippen molar-refractivity contribution in [3.05, 3.63) is 57.7 Å². The third-order valence-electron chi connectivity index (χ3n) is 7.96. The van der Waals surface area contributed by atoms with E-state index in [2.05, 4.69) is 20.4 Å². The molecule has 1 saturated carbocycles. The second-order valence-electron chi connectivity index (χ2n) is 11.4. The molecule has 9 nitrogen and oxygen atoms in total. The summed E-state index contributed by atoms with van der Waals surface area (Å²) in [6.45, 7) is 4.53. The predicted octanol–water partition coefficient (Wildman–Crippen LogP) is 7.09. The molecule has 0 spiro atoms. The molecule has 0 amide bonds. The largest absolute Gasteiger partial charge is 0.466 e. The summed E-state index contributed by atoms with van der Waals surface area (Å²) < 4.78 is 87.4. The second kappa shape index (κ2) is 14.9. The Morgan fingerprint density at radius 1 is 0.957 bits per heavy atom. The van der Waals surface area contributed by atoms with Crippen molar-refractivity contribution in [3.63, 3.8) is 0 Å². The van der Waals surface area contributed by atoms with Gasteiger partial charge in [-0.25, -0.2) is 4.98 Å². The SMILES string of the molecule is CCOC(=O)CC1CCC(CN(CC)c2ncc(C(F)(F)F)cc2CN(Cc2cc(Cl)cc(C(F)(F)F)c2)c2nnn(C)n2)CC1. The van der Waals surface area contributed by atoms with Gasteiger partial charge in [-0.2, -0.15) is 31.1 Å². The molecule has 0 N–H and O–H groups in total. The Hall–Kier alpha value is -3.62. The highest BCUT2D eigenvalue weighted by Gasteiger charge is 2.34. The molecule has 2 aromatic heterocycles. The van der Waals surface area contributed by atoms with Crippen molar-refractivity contribution in [2.45, 2.75) is 71.4 Å². The summed E-state index contributed by atoms with van der Waals surface area (Å²) >= 11 is 6.02. The van der Waals surface area contributed by atoms with Crippen LogP contribution in [0.25, 0.3) is 0 Å². The minimum Gasteiger partial charge on any atom is -0.466 e. The molecule has 0 unspecified atom stereocenters. The maximum Gasteiger partial charge on any atom is 0.417 e. The number of carbonyl (C=O) groups is 1. The molecule has 0 aliphatic heterocycles. The van der Waals surface area contributed by atoms with Crippen LogP contribution in [0.4, 0.5) is 38.1 Å². The molecule has 2 heterocycles. The first-order valence-electron chi connectivity index (χ1n) is 15.0. The lowest BCUT2D eigenvalue weighted by Crippen LogP contribution is -2.34. The van der Waals surface area contributed by atoms with Crippen LogP contribution in [0.1, 0.15) is 68.2 Å². The van der Waals surface area contributed by atoms with E-state index in [9.17, 15) is 31.1 Å². The monoisotopic (exact) mass is 675 g/mol. The van der Waals surface area contributed by atoms with Crippen LogP contribution < -0.4 is 9.80 Å². The number of hydrogen-bond acceptors (Lipinski definition) is 8. The normalized spacial score (nSPS) is 17.2. The van der Waals surface area contributed by atoms with E-state index in [1.165, 1.54) is 18.0 Å². The van der Waals surface area contributed by atoms with Crippen LogP contribution in [0.15, 0.2) is 30.5 Å². The van der Waals surface area contributed by atoms with Gasteiger partial charge in [0.25, 0.3) is 5.95 Å². The summed E-state index contributed by atoms with van der Waals surface area (Å²) in [4.78, 5) is 20.7. The number of alkyl halides is 6. The van der Waals surface area contributed by atoms with Crippen molar-refractivity contribution >= 4 is 29.3 Å². The van der Waals surface area contributed by atoms with Gasteiger partial charge in [-0.1, -0.05) is 16.7 Å². The maximum absolute atomic E-state index is 13.9. The van der Waals surface area contributed by atoms with Gasteiger partial charge in [-0.05, 0) is 86.4 Å². The van der Waals surface area contributed by atoms with Gasteiger partial charge in [-0.15, -0.1) is 5.10 Å². The zero-order valence-corrected chi connectivity index (χ0v) is 26.5. The van der Waals surface area contributed by atoms with Crippen LogP contribution >= 0.6 is 11.6 Å². The van der Waals surface area contributed by atoms with Gasteiger partial charge in [0.15, 0.2) is 0 Å². The summed E-state index contributed by atoms with van der Waals surface area (Å²) in [7, 11) is 1.49. The van der Waals surface area contributed by atoms with Crippen molar-refractivity contribution in [2.75, 3.05) is 29.5 Å². The molecule has 3 aromatic rings. The fourth-order valence-corrected chi connectivity index (χ4v) is 6.00. The summed E-state index contributed by atoms with van der Waals surface area (Å²) in [6.07, 6.45) is -4.85. The predicted molar refractivity (Wildman–Crippen MR) is 159 cm³/mol. The molecule has 1 aliphatic rings. The van der Waals surface area contributed by atoms with E-state index in [1.54, 1.807) is 6.92 Å². The molecule has 4 rings (SSSR count). The number of pyridine rings is 1. The van der Waals surface area contributed by atoms with Gasteiger partial charge in [0.1, 0.15) is 5.82 Å². The molecule has 16 heteroatoms. The van der Waals surface area contributed by atoms with Crippen LogP contribution in [0.5, 0.6) is 0 Å². The molecular weight excluding hydrogens is 640 g/mol. The van der Waals surface area contributed by atoms with Gasteiger partial charge >= 0.3 is 18.3 Å². The minimum atomic E-state index is -4.68. The number of ether oxygens (including phenoxy) is 1. The molecule has 1 fully saturated rings. The summed E-state index contributed by atoms with van der Waals surface area (Å²) in [5, 5.41) is 11.8. The first-order chi connectivity index (χ1) is 21.7. The van der Waals surface area contributed by atoms with Crippen LogP contribution in [0.3, 0.4) is 0 Å².